The molecule has 1 aromatic carbocycles. The first-order valence-corrected chi connectivity index (χ1v) is 8.29. The van der Waals surface area contributed by atoms with Gasteiger partial charge >= 0.3 is 0 Å². The van der Waals surface area contributed by atoms with Crippen LogP contribution < -0.4 is 4.90 Å². The summed E-state index contributed by atoms with van der Waals surface area (Å²) in [7, 11) is 1.65. The zero-order valence-electron chi connectivity index (χ0n) is 14.0. The zero-order chi connectivity index (χ0) is 16.5. The fourth-order valence-electron chi connectivity index (χ4n) is 3.29. The first-order chi connectivity index (χ1) is 11.8. The zero-order valence-corrected chi connectivity index (χ0v) is 14.0. The molecule has 0 spiro atoms. The number of ether oxygens (including phenoxy) is 1. The number of aryl methyl sites for hydroxylation is 1. The summed E-state index contributed by atoms with van der Waals surface area (Å²) in [6.45, 7) is 3.36. The van der Waals surface area contributed by atoms with E-state index in [0.29, 0.717) is 12.6 Å². The molecule has 1 fully saturated rings. The number of piperidine rings is 1. The van der Waals surface area contributed by atoms with Crippen molar-refractivity contribution in [3.8, 4) is 0 Å². The van der Waals surface area contributed by atoms with E-state index in [0.717, 1.165) is 54.1 Å². The fraction of sp³-hybridized carbons (Fsp3) is 0.471. The summed E-state index contributed by atoms with van der Waals surface area (Å²) in [4.78, 5) is 11.4. The molecular weight excluding hydrogens is 306 g/mol. The van der Waals surface area contributed by atoms with Crippen molar-refractivity contribution in [3.05, 3.63) is 35.4 Å². The topological polar surface area (TPSA) is 80.1 Å². The molecule has 24 heavy (non-hydrogen) atoms. The number of methoxy groups -OCH3 is 1. The molecule has 3 heterocycles. The summed E-state index contributed by atoms with van der Waals surface area (Å²) < 4.78 is 11.2. The van der Waals surface area contributed by atoms with Gasteiger partial charge in [-0.15, -0.1) is 0 Å². The summed E-state index contributed by atoms with van der Waals surface area (Å²) >= 11 is 0. The monoisotopic (exact) mass is 327 g/mol. The van der Waals surface area contributed by atoms with Crippen LogP contribution in [-0.2, 0) is 11.3 Å². The second-order valence-corrected chi connectivity index (χ2v) is 6.20. The van der Waals surface area contributed by atoms with Crippen molar-refractivity contribution in [3.63, 3.8) is 0 Å². The van der Waals surface area contributed by atoms with E-state index < -0.39 is 0 Å². The van der Waals surface area contributed by atoms with Gasteiger partial charge in [0.15, 0.2) is 17.2 Å². The minimum atomic E-state index is 0.0778. The Labute approximate surface area is 140 Å². The summed E-state index contributed by atoms with van der Waals surface area (Å²) in [5.41, 5.74) is 2.84. The van der Waals surface area contributed by atoms with Crippen molar-refractivity contribution in [1.29, 1.82) is 0 Å². The van der Waals surface area contributed by atoms with Crippen LogP contribution >= 0.6 is 0 Å². The Bertz CT molecular complexity index is 840. The second kappa shape index (κ2) is 6.24. The summed E-state index contributed by atoms with van der Waals surface area (Å²) in [5, 5.41) is 7.33. The van der Waals surface area contributed by atoms with E-state index in [2.05, 4.69) is 25.1 Å². The summed E-state index contributed by atoms with van der Waals surface area (Å²) in [6.07, 6.45) is 3.25. The normalized spacial score (nSPS) is 18.4. The van der Waals surface area contributed by atoms with Gasteiger partial charge in [-0.3, -0.25) is 5.10 Å². The van der Waals surface area contributed by atoms with E-state index in [-0.39, 0.29) is 6.04 Å². The lowest BCUT2D eigenvalue weighted by atomic mass is 10.0. The van der Waals surface area contributed by atoms with Crippen LogP contribution in [0.2, 0.25) is 0 Å². The SMILES string of the molecule is COCc1nc(C2CCCCN2c2nc3cccc(C)c3o2)n[nH]1. The standard InChI is InChI=1S/C17H21N5O2/c1-11-6-5-7-12-15(11)24-17(18-12)22-9-4-3-8-13(22)16-19-14(10-23-2)20-21-16/h5-7,13H,3-4,8-10H2,1-2H3,(H,19,20,21). The van der Waals surface area contributed by atoms with E-state index in [4.69, 9.17) is 9.15 Å². The number of H-pyrrole nitrogens is 1. The first-order valence-electron chi connectivity index (χ1n) is 8.29. The molecule has 1 aliphatic rings. The smallest absolute Gasteiger partial charge is 0.299 e. The van der Waals surface area contributed by atoms with Crippen LogP contribution in [0.4, 0.5) is 6.01 Å². The van der Waals surface area contributed by atoms with Crippen LogP contribution in [0.15, 0.2) is 22.6 Å². The van der Waals surface area contributed by atoms with Crippen molar-refractivity contribution in [1.82, 2.24) is 20.2 Å². The number of para-hydroxylation sites is 1. The van der Waals surface area contributed by atoms with E-state index in [1.165, 1.54) is 0 Å². The highest BCUT2D eigenvalue weighted by atomic mass is 16.5. The fourth-order valence-corrected chi connectivity index (χ4v) is 3.29. The molecule has 0 amide bonds. The van der Waals surface area contributed by atoms with Gasteiger partial charge in [0.05, 0.1) is 6.04 Å². The highest BCUT2D eigenvalue weighted by Crippen LogP contribution is 2.35. The Hall–Kier alpha value is -2.41. The molecule has 0 radical (unpaired) electrons. The molecule has 1 saturated heterocycles. The Morgan fingerprint density at radius 1 is 1.33 bits per heavy atom. The lowest BCUT2D eigenvalue weighted by molar-refractivity contribution is 0.178. The maximum atomic E-state index is 6.07. The lowest BCUT2D eigenvalue weighted by Gasteiger charge is -2.32. The van der Waals surface area contributed by atoms with Gasteiger partial charge in [-0.25, -0.2) is 4.98 Å². The number of benzene rings is 1. The molecule has 1 aliphatic heterocycles. The van der Waals surface area contributed by atoms with E-state index >= 15 is 0 Å². The number of aromatic amines is 1. The third kappa shape index (κ3) is 2.65. The van der Waals surface area contributed by atoms with Gasteiger partial charge in [0.25, 0.3) is 6.01 Å². The van der Waals surface area contributed by atoms with Gasteiger partial charge in [-0.05, 0) is 37.8 Å². The molecule has 2 aromatic heterocycles. The highest BCUT2D eigenvalue weighted by Gasteiger charge is 2.30. The number of anilines is 1. The molecule has 7 nitrogen and oxygen atoms in total. The minimum Gasteiger partial charge on any atom is -0.423 e. The number of oxazole rings is 1. The molecule has 3 aromatic rings. The van der Waals surface area contributed by atoms with E-state index in [1.807, 2.05) is 25.1 Å². The quantitative estimate of drug-likeness (QED) is 0.793. The number of aromatic nitrogens is 4. The van der Waals surface area contributed by atoms with Crippen LogP contribution in [0, 0.1) is 6.92 Å². The molecule has 4 rings (SSSR count). The van der Waals surface area contributed by atoms with Gasteiger partial charge in [-0.2, -0.15) is 10.1 Å². The number of nitrogens with one attached hydrogen (secondary N) is 1. The largest absolute Gasteiger partial charge is 0.423 e. The van der Waals surface area contributed by atoms with Crippen molar-refractivity contribution in [2.45, 2.75) is 38.8 Å². The third-order valence-electron chi connectivity index (χ3n) is 4.48. The molecule has 126 valence electrons. The average Bonchev–Trinajstić information content (AvgIpc) is 3.23. The number of rotatable bonds is 4. The Balaban J connectivity index is 1.68. The molecule has 0 bridgehead atoms. The maximum Gasteiger partial charge on any atom is 0.299 e. The van der Waals surface area contributed by atoms with Crippen molar-refractivity contribution >= 4 is 17.1 Å². The number of hydrogen-bond donors (Lipinski definition) is 1. The van der Waals surface area contributed by atoms with E-state index in [9.17, 15) is 0 Å². The average molecular weight is 327 g/mol. The van der Waals surface area contributed by atoms with Gasteiger partial charge in [-0.1, -0.05) is 12.1 Å². The molecule has 7 heteroatoms. The summed E-state index contributed by atoms with van der Waals surface area (Å²) in [5.74, 6) is 1.52. The second-order valence-electron chi connectivity index (χ2n) is 6.20. The van der Waals surface area contributed by atoms with Crippen molar-refractivity contribution < 1.29 is 9.15 Å². The Kier molecular flexibility index (Phi) is 3.93. The minimum absolute atomic E-state index is 0.0778. The van der Waals surface area contributed by atoms with Gasteiger partial charge in [0.1, 0.15) is 12.1 Å². The predicted octanol–water partition coefficient (Wildman–Crippen LogP) is 3.13. The van der Waals surface area contributed by atoms with Gasteiger partial charge < -0.3 is 14.1 Å². The molecular formula is C17H21N5O2. The van der Waals surface area contributed by atoms with Crippen LogP contribution in [0.3, 0.4) is 0 Å². The number of nitrogens with zero attached hydrogens (tertiary/aromatic N) is 4. The molecule has 0 aliphatic carbocycles. The lowest BCUT2D eigenvalue weighted by Crippen LogP contribution is -2.34. The van der Waals surface area contributed by atoms with Gasteiger partial charge in [0.2, 0.25) is 0 Å². The first kappa shape index (κ1) is 15.1. The maximum absolute atomic E-state index is 6.07. The van der Waals surface area contributed by atoms with Crippen LogP contribution in [0.1, 0.15) is 42.5 Å². The molecule has 1 atom stereocenters. The number of fused-ring (bicyclic) bond motifs is 1. The van der Waals surface area contributed by atoms with Crippen LogP contribution in [0.25, 0.3) is 11.1 Å². The molecule has 1 N–H and O–H groups in total. The summed E-state index contributed by atoms with van der Waals surface area (Å²) in [6, 6.07) is 6.76. The van der Waals surface area contributed by atoms with Crippen LogP contribution in [0.5, 0.6) is 0 Å². The number of hydrogen-bond acceptors (Lipinski definition) is 6. The van der Waals surface area contributed by atoms with Gasteiger partial charge in [0, 0.05) is 13.7 Å². The Morgan fingerprint density at radius 3 is 3.08 bits per heavy atom. The Morgan fingerprint density at radius 2 is 2.25 bits per heavy atom. The third-order valence-corrected chi connectivity index (χ3v) is 4.48. The highest BCUT2D eigenvalue weighted by molar-refractivity contribution is 5.77. The predicted molar refractivity (Wildman–Crippen MR) is 89.8 cm³/mol. The van der Waals surface area contributed by atoms with Crippen molar-refractivity contribution in [2.24, 2.45) is 0 Å². The molecule has 0 saturated carbocycles. The van der Waals surface area contributed by atoms with E-state index in [1.54, 1.807) is 7.11 Å². The van der Waals surface area contributed by atoms with Crippen molar-refractivity contribution in [2.75, 3.05) is 18.6 Å². The molecule has 1 unspecified atom stereocenters. The van der Waals surface area contributed by atoms with Crippen LogP contribution in [-0.4, -0.2) is 33.8 Å².